The second kappa shape index (κ2) is 5.19. The van der Waals surface area contributed by atoms with Gasteiger partial charge in [0.25, 0.3) is 5.91 Å². The lowest BCUT2D eigenvalue weighted by molar-refractivity contribution is -0.113. The Labute approximate surface area is 125 Å². The molecule has 1 aromatic heterocycles. The lowest BCUT2D eigenvalue weighted by Gasteiger charge is -2.10. The van der Waals surface area contributed by atoms with Crippen LogP contribution in [0.1, 0.15) is 12.5 Å². The first kappa shape index (κ1) is 13.0. The van der Waals surface area contributed by atoms with Crippen molar-refractivity contribution in [2.45, 2.75) is 6.92 Å². The maximum absolute atomic E-state index is 12.4. The normalized spacial score (nSPS) is 16.9. The number of halogens is 1. The molecule has 0 saturated heterocycles. The number of hydrogen-bond acceptors (Lipinski definition) is 4. The minimum Gasteiger partial charge on any atom is -0.266 e. The molecule has 100 valence electrons. The first-order valence-electron chi connectivity index (χ1n) is 5.91. The van der Waals surface area contributed by atoms with E-state index in [9.17, 15) is 4.79 Å². The summed E-state index contributed by atoms with van der Waals surface area (Å²) in [6, 6.07) is 7.25. The van der Waals surface area contributed by atoms with Crippen LogP contribution in [0.15, 0.2) is 46.5 Å². The summed E-state index contributed by atoms with van der Waals surface area (Å²) in [5, 5.41) is 3.13. The number of carbonyl (C=O) groups excluding carboxylic acids is 1. The molecule has 0 unspecified atom stereocenters. The highest BCUT2D eigenvalue weighted by molar-refractivity contribution is 7.14. The molecule has 0 bridgehead atoms. The Morgan fingerprint density at radius 2 is 2.05 bits per heavy atom. The van der Waals surface area contributed by atoms with Crippen molar-refractivity contribution >= 4 is 45.9 Å². The predicted molar refractivity (Wildman–Crippen MR) is 82.1 cm³/mol. The van der Waals surface area contributed by atoms with Gasteiger partial charge in [-0.15, -0.1) is 11.3 Å². The van der Waals surface area contributed by atoms with E-state index in [1.165, 1.54) is 16.2 Å². The van der Waals surface area contributed by atoms with Gasteiger partial charge in [0.2, 0.25) is 0 Å². The van der Waals surface area contributed by atoms with Crippen LogP contribution in [0.3, 0.4) is 0 Å². The SMILES string of the molecule is CC1=N/C(=C\c2ccc(Cl)cc2)C(=O)N1c1nccs1. The van der Waals surface area contributed by atoms with Crippen LogP contribution in [0.25, 0.3) is 6.08 Å². The topological polar surface area (TPSA) is 45.6 Å². The van der Waals surface area contributed by atoms with E-state index in [1.54, 1.807) is 31.3 Å². The molecule has 0 saturated carbocycles. The van der Waals surface area contributed by atoms with E-state index in [0.29, 0.717) is 21.7 Å². The highest BCUT2D eigenvalue weighted by Crippen LogP contribution is 2.26. The molecular weight excluding hydrogens is 294 g/mol. The Balaban J connectivity index is 1.93. The van der Waals surface area contributed by atoms with Gasteiger partial charge in [0.15, 0.2) is 5.13 Å². The molecule has 2 aromatic rings. The molecule has 0 N–H and O–H groups in total. The average Bonchev–Trinajstić information content (AvgIpc) is 3.02. The van der Waals surface area contributed by atoms with Gasteiger partial charge in [0.1, 0.15) is 11.5 Å². The molecule has 0 aliphatic carbocycles. The number of nitrogens with zero attached hydrogens (tertiary/aromatic N) is 3. The van der Waals surface area contributed by atoms with Crippen LogP contribution < -0.4 is 4.90 Å². The number of aliphatic imine (C=N–C) groups is 1. The first-order chi connectivity index (χ1) is 9.65. The van der Waals surface area contributed by atoms with Crippen molar-refractivity contribution in [3.8, 4) is 0 Å². The quantitative estimate of drug-likeness (QED) is 0.796. The summed E-state index contributed by atoms with van der Waals surface area (Å²) < 4.78 is 0. The maximum atomic E-state index is 12.4. The number of amidine groups is 1. The summed E-state index contributed by atoms with van der Waals surface area (Å²) in [4.78, 5) is 22.4. The second-order valence-electron chi connectivity index (χ2n) is 4.20. The van der Waals surface area contributed by atoms with Crippen molar-refractivity contribution in [2.24, 2.45) is 4.99 Å². The fourth-order valence-corrected chi connectivity index (χ4v) is 2.71. The molecular formula is C14H10ClN3OS. The zero-order valence-corrected chi connectivity index (χ0v) is 12.1. The van der Waals surface area contributed by atoms with E-state index in [2.05, 4.69) is 9.98 Å². The summed E-state index contributed by atoms with van der Waals surface area (Å²) in [7, 11) is 0. The molecule has 0 fully saturated rings. The van der Waals surface area contributed by atoms with Gasteiger partial charge in [-0.3, -0.25) is 4.79 Å². The van der Waals surface area contributed by atoms with Crippen molar-refractivity contribution < 1.29 is 4.79 Å². The molecule has 2 heterocycles. The molecule has 0 atom stereocenters. The number of anilines is 1. The number of thiazole rings is 1. The Kier molecular flexibility index (Phi) is 3.38. The van der Waals surface area contributed by atoms with Gasteiger partial charge in [-0.05, 0) is 30.7 Å². The highest BCUT2D eigenvalue weighted by atomic mass is 35.5. The van der Waals surface area contributed by atoms with Gasteiger partial charge in [0, 0.05) is 16.6 Å². The van der Waals surface area contributed by atoms with Gasteiger partial charge in [-0.25, -0.2) is 14.9 Å². The van der Waals surface area contributed by atoms with Crippen molar-refractivity contribution in [2.75, 3.05) is 4.90 Å². The predicted octanol–water partition coefficient (Wildman–Crippen LogP) is 3.60. The minimum atomic E-state index is -0.160. The summed E-state index contributed by atoms with van der Waals surface area (Å²) in [6.07, 6.45) is 3.41. The fourth-order valence-electron chi connectivity index (χ4n) is 1.90. The number of hydrogen-bond donors (Lipinski definition) is 0. The van der Waals surface area contributed by atoms with Gasteiger partial charge >= 0.3 is 0 Å². The Bertz CT molecular complexity index is 705. The molecule has 4 nitrogen and oxygen atoms in total. The number of rotatable bonds is 2. The Morgan fingerprint density at radius 1 is 1.30 bits per heavy atom. The summed E-state index contributed by atoms with van der Waals surface area (Å²) in [5.41, 5.74) is 1.29. The second-order valence-corrected chi connectivity index (χ2v) is 5.50. The van der Waals surface area contributed by atoms with Gasteiger partial charge < -0.3 is 0 Å². The maximum Gasteiger partial charge on any atom is 0.284 e. The van der Waals surface area contributed by atoms with E-state index < -0.39 is 0 Å². The standard InChI is InChI=1S/C14H10ClN3OS/c1-9-17-12(8-10-2-4-11(15)5-3-10)13(19)18(9)14-16-6-7-20-14/h2-8H,1H3/b12-8-. The summed E-state index contributed by atoms with van der Waals surface area (Å²) >= 11 is 7.25. The number of aromatic nitrogens is 1. The third kappa shape index (κ3) is 2.37. The largest absolute Gasteiger partial charge is 0.284 e. The van der Waals surface area contributed by atoms with E-state index in [-0.39, 0.29) is 5.91 Å². The molecule has 1 aliphatic heterocycles. The highest BCUT2D eigenvalue weighted by Gasteiger charge is 2.30. The molecule has 3 rings (SSSR count). The molecule has 6 heteroatoms. The zero-order valence-electron chi connectivity index (χ0n) is 10.6. The van der Waals surface area contributed by atoms with Crippen molar-refractivity contribution in [3.05, 3.63) is 52.1 Å². The van der Waals surface area contributed by atoms with Crippen molar-refractivity contribution in [3.63, 3.8) is 0 Å². The van der Waals surface area contributed by atoms with E-state index in [0.717, 1.165) is 5.56 Å². The van der Waals surface area contributed by atoms with Gasteiger partial charge in [-0.1, -0.05) is 23.7 Å². The molecule has 1 amide bonds. The van der Waals surface area contributed by atoms with Crippen LogP contribution in [-0.2, 0) is 4.79 Å². The number of benzene rings is 1. The number of amides is 1. The van der Waals surface area contributed by atoms with Crippen LogP contribution in [0.5, 0.6) is 0 Å². The van der Waals surface area contributed by atoms with Crippen LogP contribution in [-0.4, -0.2) is 16.7 Å². The lowest BCUT2D eigenvalue weighted by Crippen LogP contribution is -2.29. The fraction of sp³-hybridized carbons (Fsp3) is 0.0714. The Hall–Kier alpha value is -1.98. The van der Waals surface area contributed by atoms with E-state index in [1.807, 2.05) is 17.5 Å². The molecule has 0 spiro atoms. The average molecular weight is 304 g/mol. The molecule has 1 aliphatic rings. The third-order valence-corrected chi connectivity index (χ3v) is 3.82. The first-order valence-corrected chi connectivity index (χ1v) is 7.17. The van der Waals surface area contributed by atoms with E-state index >= 15 is 0 Å². The van der Waals surface area contributed by atoms with Crippen molar-refractivity contribution in [1.29, 1.82) is 0 Å². The smallest absolute Gasteiger partial charge is 0.266 e. The summed E-state index contributed by atoms with van der Waals surface area (Å²) in [5.74, 6) is 0.470. The molecule has 20 heavy (non-hydrogen) atoms. The van der Waals surface area contributed by atoms with Crippen LogP contribution in [0.2, 0.25) is 5.02 Å². The van der Waals surface area contributed by atoms with E-state index in [4.69, 9.17) is 11.6 Å². The number of carbonyl (C=O) groups is 1. The summed E-state index contributed by atoms with van der Waals surface area (Å²) in [6.45, 7) is 1.79. The monoisotopic (exact) mass is 303 g/mol. The minimum absolute atomic E-state index is 0.160. The molecule has 1 aromatic carbocycles. The van der Waals surface area contributed by atoms with Gasteiger partial charge in [0.05, 0.1) is 0 Å². The van der Waals surface area contributed by atoms with Crippen molar-refractivity contribution in [1.82, 2.24) is 4.98 Å². The zero-order chi connectivity index (χ0) is 14.1. The van der Waals surface area contributed by atoms with Gasteiger partial charge in [-0.2, -0.15) is 0 Å². The lowest BCUT2D eigenvalue weighted by atomic mass is 10.2. The van der Waals surface area contributed by atoms with Crippen LogP contribution in [0.4, 0.5) is 5.13 Å². The van der Waals surface area contributed by atoms with Crippen LogP contribution in [0, 0.1) is 0 Å². The Morgan fingerprint density at radius 3 is 2.70 bits per heavy atom. The molecule has 0 radical (unpaired) electrons. The van der Waals surface area contributed by atoms with Crippen LogP contribution >= 0.6 is 22.9 Å². The third-order valence-electron chi connectivity index (χ3n) is 2.81.